The topological polar surface area (TPSA) is 31.2 Å². The number of aromatic nitrogens is 1. The molecule has 82 valence electrons. The van der Waals surface area contributed by atoms with Crippen LogP contribution in [0.25, 0.3) is 11.3 Å². The first-order valence-electron chi connectivity index (χ1n) is 4.74. The van der Waals surface area contributed by atoms with Crippen LogP contribution in [-0.4, -0.2) is 17.2 Å². The van der Waals surface area contributed by atoms with Crippen LogP contribution in [0.2, 0.25) is 0 Å². The van der Waals surface area contributed by atoms with Gasteiger partial charge in [0, 0.05) is 18.0 Å². The van der Waals surface area contributed by atoms with Gasteiger partial charge in [-0.1, -0.05) is 12.1 Å². The monoisotopic (exact) mass is 235 g/mol. The second kappa shape index (κ2) is 4.41. The summed E-state index contributed by atoms with van der Waals surface area (Å²) in [6.45, 7) is 0. The number of methoxy groups -OCH3 is 1. The van der Waals surface area contributed by atoms with Gasteiger partial charge in [-0.3, -0.25) is 4.09 Å². The van der Waals surface area contributed by atoms with Crippen LogP contribution in [0.4, 0.5) is 0 Å². The summed E-state index contributed by atoms with van der Waals surface area (Å²) in [6, 6.07) is 10.9. The van der Waals surface area contributed by atoms with Crippen LogP contribution in [0.5, 0.6) is 0 Å². The number of esters is 1. The van der Waals surface area contributed by atoms with Crippen molar-refractivity contribution in [2.24, 2.45) is 0 Å². The van der Waals surface area contributed by atoms with Gasteiger partial charge < -0.3 is 4.74 Å². The number of carbonyl (C=O) groups is 1. The van der Waals surface area contributed by atoms with Crippen LogP contribution in [0, 0.1) is 0 Å². The minimum absolute atomic E-state index is 0.340. The molecule has 2 rings (SSSR count). The van der Waals surface area contributed by atoms with Gasteiger partial charge in [0.25, 0.3) is 0 Å². The van der Waals surface area contributed by atoms with Crippen LogP contribution >= 0.6 is 11.8 Å². The third-order valence-electron chi connectivity index (χ3n) is 2.30. The van der Waals surface area contributed by atoms with E-state index in [1.165, 1.54) is 11.2 Å². The molecule has 0 saturated carbocycles. The summed E-state index contributed by atoms with van der Waals surface area (Å²) in [6.07, 6.45) is 1.76. The molecule has 4 heteroatoms. The highest BCUT2D eigenvalue weighted by Gasteiger charge is 2.06. The third kappa shape index (κ3) is 1.95. The zero-order valence-corrected chi connectivity index (χ0v) is 9.44. The summed E-state index contributed by atoms with van der Waals surface area (Å²) in [5.74, 6) is -0.340. The Balaban J connectivity index is 2.33. The molecule has 0 bridgehead atoms. The van der Waals surface area contributed by atoms with Crippen LogP contribution in [-0.2, 0) is 4.74 Å². The highest BCUT2D eigenvalue weighted by Crippen LogP contribution is 2.21. The Hall–Kier alpha value is -1.74. The van der Waals surface area contributed by atoms with Crippen molar-refractivity contribution in [1.82, 2.24) is 4.09 Å². The number of ether oxygens (including phenoxy) is 1. The summed E-state index contributed by atoms with van der Waals surface area (Å²) in [5, 5.41) is 0. The normalized spacial score (nSPS) is 10.1. The Morgan fingerprint density at radius 2 is 1.94 bits per heavy atom. The molecule has 1 aromatic heterocycles. The van der Waals surface area contributed by atoms with Gasteiger partial charge >= 0.3 is 5.97 Å². The lowest BCUT2D eigenvalue weighted by Gasteiger charge is -2.03. The van der Waals surface area contributed by atoms with E-state index in [0.717, 1.165) is 11.3 Å². The van der Waals surface area contributed by atoms with Gasteiger partial charge in [-0.2, -0.15) is 0 Å². The van der Waals surface area contributed by atoms with Gasteiger partial charge in [0.1, 0.15) is 0 Å². The summed E-state index contributed by atoms with van der Waals surface area (Å²) in [4.78, 5) is 11.2. The Kier molecular flexibility index (Phi) is 2.97. The maximum absolute atomic E-state index is 11.2. The first kappa shape index (κ1) is 10.8. The summed E-state index contributed by atoms with van der Waals surface area (Å²) in [7, 11) is 1.36. The average Bonchev–Trinajstić information content (AvgIpc) is 2.75. The van der Waals surface area contributed by atoms with Gasteiger partial charge in [-0.05, 0) is 29.8 Å². The van der Waals surface area contributed by atoms with E-state index in [0.29, 0.717) is 5.56 Å². The Morgan fingerprint density at radius 1 is 1.25 bits per heavy atom. The SMILES string of the molecule is COC(=O)c1ccc(-c2cccn2Cl)cc1. The lowest BCUT2D eigenvalue weighted by atomic mass is 10.1. The molecular formula is C12H10ClNO2. The van der Waals surface area contributed by atoms with Crippen molar-refractivity contribution in [2.75, 3.05) is 7.11 Å². The van der Waals surface area contributed by atoms with E-state index in [1.54, 1.807) is 18.3 Å². The average molecular weight is 236 g/mol. The number of nitrogens with zero attached hydrogens (tertiary/aromatic N) is 1. The van der Waals surface area contributed by atoms with Gasteiger partial charge in [0.15, 0.2) is 0 Å². The van der Waals surface area contributed by atoms with Gasteiger partial charge in [-0.15, -0.1) is 0 Å². The smallest absolute Gasteiger partial charge is 0.337 e. The van der Waals surface area contributed by atoms with Gasteiger partial charge in [0.2, 0.25) is 0 Å². The summed E-state index contributed by atoms with van der Waals surface area (Å²) < 4.78 is 6.13. The highest BCUT2D eigenvalue weighted by molar-refractivity contribution is 6.17. The molecule has 0 radical (unpaired) electrons. The van der Waals surface area contributed by atoms with Crippen molar-refractivity contribution in [3.63, 3.8) is 0 Å². The number of hydrogen-bond donors (Lipinski definition) is 0. The molecule has 0 fully saturated rings. The molecule has 3 nitrogen and oxygen atoms in total. The Labute approximate surface area is 98.3 Å². The second-order valence-electron chi connectivity index (χ2n) is 3.27. The number of benzene rings is 1. The predicted octanol–water partition coefficient (Wildman–Crippen LogP) is 2.94. The molecule has 0 saturated heterocycles. The van der Waals surface area contributed by atoms with E-state index < -0.39 is 0 Å². The summed E-state index contributed by atoms with van der Waals surface area (Å²) in [5.41, 5.74) is 2.37. The zero-order valence-electron chi connectivity index (χ0n) is 8.68. The molecule has 0 amide bonds. The van der Waals surface area contributed by atoms with E-state index >= 15 is 0 Å². The third-order valence-corrected chi connectivity index (χ3v) is 2.60. The molecule has 0 aliphatic rings. The lowest BCUT2D eigenvalue weighted by molar-refractivity contribution is 0.0601. The van der Waals surface area contributed by atoms with Gasteiger partial charge in [0.05, 0.1) is 18.4 Å². The van der Waals surface area contributed by atoms with Crippen molar-refractivity contribution >= 4 is 17.7 Å². The first-order valence-corrected chi connectivity index (χ1v) is 5.08. The molecule has 0 unspecified atom stereocenters. The van der Waals surface area contributed by atoms with Crippen molar-refractivity contribution in [1.29, 1.82) is 0 Å². The van der Waals surface area contributed by atoms with E-state index in [2.05, 4.69) is 4.74 Å². The van der Waals surface area contributed by atoms with Crippen LogP contribution in [0.15, 0.2) is 42.6 Å². The van der Waals surface area contributed by atoms with Gasteiger partial charge in [-0.25, -0.2) is 4.79 Å². The van der Waals surface area contributed by atoms with E-state index in [1.807, 2.05) is 24.3 Å². The Morgan fingerprint density at radius 3 is 2.44 bits per heavy atom. The van der Waals surface area contributed by atoms with Crippen LogP contribution in [0.1, 0.15) is 10.4 Å². The first-order chi connectivity index (χ1) is 7.72. The lowest BCUT2D eigenvalue weighted by Crippen LogP contribution is -2.00. The fourth-order valence-corrected chi connectivity index (χ4v) is 1.69. The molecular weight excluding hydrogens is 226 g/mol. The van der Waals surface area contributed by atoms with Crippen molar-refractivity contribution < 1.29 is 9.53 Å². The van der Waals surface area contributed by atoms with Crippen molar-refractivity contribution in [3.05, 3.63) is 48.2 Å². The molecule has 2 aromatic rings. The molecule has 1 heterocycles. The van der Waals surface area contributed by atoms with Crippen molar-refractivity contribution in [2.45, 2.75) is 0 Å². The second-order valence-corrected chi connectivity index (χ2v) is 3.64. The molecule has 1 aromatic carbocycles. The Bertz CT molecular complexity index is 502. The van der Waals surface area contributed by atoms with Crippen LogP contribution < -0.4 is 0 Å². The molecule has 0 aliphatic carbocycles. The molecule has 16 heavy (non-hydrogen) atoms. The number of hydrogen-bond acceptors (Lipinski definition) is 2. The standard InChI is InChI=1S/C12H10ClNO2/c1-16-12(15)10-6-4-9(5-7-10)11-3-2-8-14(11)13/h2-8H,1H3. The fourth-order valence-electron chi connectivity index (χ4n) is 1.48. The largest absolute Gasteiger partial charge is 0.465 e. The molecule has 0 atom stereocenters. The molecule has 0 aliphatic heterocycles. The predicted molar refractivity (Wildman–Crippen MR) is 62.5 cm³/mol. The molecule has 0 N–H and O–H groups in total. The minimum Gasteiger partial charge on any atom is -0.465 e. The van der Waals surface area contributed by atoms with E-state index in [9.17, 15) is 4.79 Å². The maximum atomic E-state index is 11.2. The van der Waals surface area contributed by atoms with Crippen LogP contribution in [0.3, 0.4) is 0 Å². The van der Waals surface area contributed by atoms with E-state index in [4.69, 9.17) is 11.8 Å². The number of carbonyl (C=O) groups excluding carboxylic acids is 1. The maximum Gasteiger partial charge on any atom is 0.337 e. The van der Waals surface area contributed by atoms with E-state index in [-0.39, 0.29) is 5.97 Å². The number of rotatable bonds is 2. The highest BCUT2D eigenvalue weighted by atomic mass is 35.5. The summed E-state index contributed by atoms with van der Waals surface area (Å²) >= 11 is 5.93. The quantitative estimate of drug-likeness (QED) is 0.750. The number of halogens is 1. The molecule has 0 spiro atoms. The van der Waals surface area contributed by atoms with Crippen molar-refractivity contribution in [3.8, 4) is 11.3 Å². The zero-order chi connectivity index (χ0) is 11.5. The minimum atomic E-state index is -0.340. The fraction of sp³-hybridized carbons (Fsp3) is 0.0833.